The molecule has 0 saturated heterocycles. The Morgan fingerprint density at radius 3 is 2.39 bits per heavy atom. The van der Waals surface area contributed by atoms with Crippen molar-refractivity contribution >= 4 is 40.6 Å². The van der Waals surface area contributed by atoms with E-state index < -0.39 is 5.41 Å². The number of halogens is 2. The van der Waals surface area contributed by atoms with Gasteiger partial charge in [0, 0.05) is 27.8 Å². The van der Waals surface area contributed by atoms with Crippen LogP contribution in [0.25, 0.3) is 0 Å². The molecule has 0 aliphatic heterocycles. The van der Waals surface area contributed by atoms with Crippen molar-refractivity contribution in [2.75, 3.05) is 5.32 Å². The molecule has 0 aliphatic rings. The van der Waals surface area contributed by atoms with Gasteiger partial charge >= 0.3 is 0 Å². The van der Waals surface area contributed by atoms with Gasteiger partial charge in [-0.15, -0.1) is 0 Å². The van der Waals surface area contributed by atoms with Crippen LogP contribution in [0.1, 0.15) is 36.7 Å². The van der Waals surface area contributed by atoms with Crippen molar-refractivity contribution in [3.63, 3.8) is 0 Å². The van der Waals surface area contributed by atoms with Gasteiger partial charge in [-0.25, -0.2) is 0 Å². The smallest absolute Gasteiger partial charge is 0.229 e. The first-order chi connectivity index (χ1) is 10.7. The molecule has 23 heavy (non-hydrogen) atoms. The first kappa shape index (κ1) is 17.4. The minimum Gasteiger partial charge on any atom is -0.324 e. The molecule has 0 fully saturated rings. The zero-order valence-corrected chi connectivity index (χ0v) is 14.5. The fourth-order valence-corrected chi connectivity index (χ4v) is 2.31. The molecule has 0 aliphatic carbocycles. The summed E-state index contributed by atoms with van der Waals surface area (Å²) < 4.78 is 0. The average molecular weight is 351 g/mol. The van der Waals surface area contributed by atoms with Crippen LogP contribution in [0.15, 0.2) is 36.7 Å². The van der Waals surface area contributed by atoms with E-state index >= 15 is 0 Å². The third-order valence-corrected chi connectivity index (χ3v) is 3.72. The van der Waals surface area contributed by atoms with Crippen LogP contribution < -0.4 is 5.32 Å². The Kier molecular flexibility index (Phi) is 5.07. The second kappa shape index (κ2) is 6.69. The maximum absolute atomic E-state index is 12.7. The number of amides is 1. The van der Waals surface area contributed by atoms with Gasteiger partial charge in [-0.3, -0.25) is 14.6 Å². The van der Waals surface area contributed by atoms with Crippen molar-refractivity contribution in [2.24, 2.45) is 5.41 Å². The SMILES string of the molecule is CC(C)(C)C(=O)Nc1cnccc1C(=O)c1ccc(Cl)cc1Cl. The molecule has 120 valence electrons. The predicted molar refractivity (Wildman–Crippen MR) is 92.2 cm³/mol. The summed E-state index contributed by atoms with van der Waals surface area (Å²) in [5.74, 6) is -0.514. The van der Waals surface area contributed by atoms with Gasteiger partial charge < -0.3 is 5.32 Å². The lowest BCUT2D eigenvalue weighted by molar-refractivity contribution is -0.123. The standard InChI is InChI=1S/C17H16Cl2N2O2/c1-17(2,3)16(23)21-14-9-20-7-6-12(14)15(22)11-5-4-10(18)8-13(11)19/h4-9H,1-3H3,(H,21,23). The first-order valence-corrected chi connectivity index (χ1v) is 7.71. The van der Waals surface area contributed by atoms with Crippen molar-refractivity contribution in [2.45, 2.75) is 20.8 Å². The number of hydrogen-bond donors (Lipinski definition) is 1. The maximum atomic E-state index is 12.7. The zero-order valence-electron chi connectivity index (χ0n) is 13.0. The van der Waals surface area contributed by atoms with Gasteiger partial charge in [0.05, 0.1) is 16.9 Å². The number of hydrogen-bond acceptors (Lipinski definition) is 3. The van der Waals surface area contributed by atoms with Gasteiger partial charge in [0.2, 0.25) is 5.91 Å². The molecule has 1 heterocycles. The molecule has 4 nitrogen and oxygen atoms in total. The maximum Gasteiger partial charge on any atom is 0.229 e. The van der Waals surface area contributed by atoms with E-state index in [0.29, 0.717) is 21.8 Å². The normalized spacial score (nSPS) is 11.2. The summed E-state index contributed by atoms with van der Waals surface area (Å²) in [5, 5.41) is 3.44. The molecule has 0 atom stereocenters. The van der Waals surface area contributed by atoms with Crippen molar-refractivity contribution in [3.8, 4) is 0 Å². The lowest BCUT2D eigenvalue weighted by Gasteiger charge is -2.19. The number of nitrogens with zero attached hydrogens (tertiary/aromatic N) is 1. The Morgan fingerprint density at radius 1 is 1.09 bits per heavy atom. The highest BCUT2D eigenvalue weighted by atomic mass is 35.5. The molecular weight excluding hydrogens is 335 g/mol. The van der Waals surface area contributed by atoms with Crippen molar-refractivity contribution in [3.05, 3.63) is 57.8 Å². The molecule has 0 unspecified atom stereocenters. The molecule has 0 saturated carbocycles. The average Bonchev–Trinajstić information content (AvgIpc) is 2.46. The first-order valence-electron chi connectivity index (χ1n) is 6.95. The van der Waals surface area contributed by atoms with Crippen LogP contribution in [-0.4, -0.2) is 16.7 Å². The van der Waals surface area contributed by atoms with Crippen LogP contribution in [0.5, 0.6) is 0 Å². The summed E-state index contributed by atoms with van der Waals surface area (Å²) in [5.41, 5.74) is 0.396. The van der Waals surface area contributed by atoms with E-state index in [4.69, 9.17) is 23.2 Å². The minimum absolute atomic E-state index is 0.207. The van der Waals surface area contributed by atoms with Crippen LogP contribution in [0.2, 0.25) is 10.0 Å². The van der Waals surface area contributed by atoms with E-state index in [1.165, 1.54) is 18.5 Å². The molecule has 2 rings (SSSR count). The minimum atomic E-state index is -0.589. The number of pyridine rings is 1. The van der Waals surface area contributed by atoms with Crippen LogP contribution >= 0.6 is 23.2 Å². The summed E-state index contributed by atoms with van der Waals surface area (Å²) >= 11 is 12.0. The highest BCUT2D eigenvalue weighted by Gasteiger charge is 2.24. The number of carbonyl (C=O) groups is 2. The predicted octanol–water partition coefficient (Wildman–Crippen LogP) is 4.60. The Balaban J connectivity index is 2.40. The van der Waals surface area contributed by atoms with Crippen LogP contribution in [0, 0.1) is 5.41 Å². The fourth-order valence-electron chi connectivity index (χ4n) is 1.82. The van der Waals surface area contributed by atoms with Gasteiger partial charge in [-0.2, -0.15) is 0 Å². The molecule has 0 radical (unpaired) electrons. The van der Waals surface area contributed by atoms with Gasteiger partial charge in [-0.05, 0) is 24.3 Å². The van der Waals surface area contributed by atoms with E-state index in [1.807, 2.05) is 0 Å². The third-order valence-electron chi connectivity index (χ3n) is 3.17. The summed E-state index contributed by atoms with van der Waals surface area (Å²) in [6, 6.07) is 6.20. The van der Waals surface area contributed by atoms with Gasteiger partial charge in [-0.1, -0.05) is 44.0 Å². The van der Waals surface area contributed by atoms with E-state index in [0.717, 1.165) is 0 Å². The van der Waals surface area contributed by atoms with E-state index in [1.54, 1.807) is 39.0 Å². The van der Waals surface area contributed by atoms with E-state index in [-0.39, 0.29) is 16.7 Å². The number of ketones is 1. The quantitative estimate of drug-likeness (QED) is 0.822. The Labute approximate surface area is 144 Å². The topological polar surface area (TPSA) is 59.1 Å². The van der Waals surface area contributed by atoms with E-state index in [9.17, 15) is 9.59 Å². The Morgan fingerprint density at radius 2 is 1.78 bits per heavy atom. The molecule has 1 aromatic heterocycles. The van der Waals surface area contributed by atoms with Gasteiger partial charge in [0.1, 0.15) is 0 Å². The van der Waals surface area contributed by atoms with Crippen molar-refractivity contribution in [1.82, 2.24) is 4.98 Å². The number of aromatic nitrogens is 1. The lowest BCUT2D eigenvalue weighted by Crippen LogP contribution is -2.28. The number of benzene rings is 1. The fraction of sp³-hybridized carbons (Fsp3) is 0.235. The van der Waals surface area contributed by atoms with Gasteiger partial charge in [0.15, 0.2) is 5.78 Å². The molecule has 2 aromatic rings. The number of anilines is 1. The highest BCUT2D eigenvalue weighted by molar-refractivity contribution is 6.37. The monoisotopic (exact) mass is 350 g/mol. The van der Waals surface area contributed by atoms with Crippen LogP contribution in [-0.2, 0) is 4.79 Å². The molecule has 6 heteroatoms. The summed E-state index contributed by atoms with van der Waals surface area (Å²) in [6.07, 6.45) is 2.94. The Bertz CT molecular complexity index is 767. The lowest BCUT2D eigenvalue weighted by atomic mass is 9.95. The highest BCUT2D eigenvalue weighted by Crippen LogP contribution is 2.27. The summed E-state index contributed by atoms with van der Waals surface area (Å²) in [6.45, 7) is 5.36. The molecule has 0 bridgehead atoms. The second-order valence-electron chi connectivity index (χ2n) is 6.08. The molecule has 0 spiro atoms. The van der Waals surface area contributed by atoms with Crippen LogP contribution in [0.3, 0.4) is 0 Å². The Hall–Kier alpha value is -1.91. The number of carbonyl (C=O) groups excluding carboxylic acids is 2. The largest absolute Gasteiger partial charge is 0.324 e. The molecule has 1 N–H and O–H groups in total. The van der Waals surface area contributed by atoms with Crippen LogP contribution in [0.4, 0.5) is 5.69 Å². The zero-order chi connectivity index (χ0) is 17.2. The third kappa shape index (κ3) is 4.09. The number of rotatable bonds is 3. The molecular formula is C17H16Cl2N2O2. The van der Waals surface area contributed by atoms with Crippen molar-refractivity contribution in [1.29, 1.82) is 0 Å². The molecule has 1 amide bonds. The molecule has 1 aromatic carbocycles. The summed E-state index contributed by atoms with van der Waals surface area (Å²) in [7, 11) is 0. The van der Waals surface area contributed by atoms with Gasteiger partial charge in [0.25, 0.3) is 0 Å². The van der Waals surface area contributed by atoms with E-state index in [2.05, 4.69) is 10.3 Å². The summed E-state index contributed by atoms with van der Waals surface area (Å²) in [4.78, 5) is 28.9. The second-order valence-corrected chi connectivity index (χ2v) is 6.92. The number of nitrogens with one attached hydrogen (secondary N) is 1. The van der Waals surface area contributed by atoms with Crippen molar-refractivity contribution < 1.29 is 9.59 Å².